The lowest BCUT2D eigenvalue weighted by Crippen LogP contribution is -2.30. The molecular formula is C20H21BrN4O3S. The summed E-state index contributed by atoms with van der Waals surface area (Å²) in [5.74, 6) is -0.327. The summed E-state index contributed by atoms with van der Waals surface area (Å²) < 4.78 is 29.2. The number of nitrogens with zero attached hydrogens (tertiary/aromatic N) is 3. The highest BCUT2D eigenvalue weighted by Crippen LogP contribution is 2.19. The van der Waals surface area contributed by atoms with Crippen LogP contribution in [0, 0.1) is 0 Å². The van der Waals surface area contributed by atoms with E-state index in [0.29, 0.717) is 24.5 Å². The van der Waals surface area contributed by atoms with Gasteiger partial charge < -0.3 is 9.88 Å². The summed E-state index contributed by atoms with van der Waals surface area (Å²) in [5.41, 5.74) is 1.63. The van der Waals surface area contributed by atoms with Crippen LogP contribution in [-0.2, 0) is 10.0 Å². The normalized spacial score (nSPS) is 11.6. The SMILES string of the molecule is CCN(CC)S(=O)(=O)c1ccc(-n2cnc(C(=O)Nc3ccc(Br)cc3)c2)cc1. The highest BCUT2D eigenvalue weighted by Gasteiger charge is 2.21. The van der Waals surface area contributed by atoms with Gasteiger partial charge in [0.15, 0.2) is 0 Å². The van der Waals surface area contributed by atoms with E-state index in [9.17, 15) is 13.2 Å². The van der Waals surface area contributed by atoms with E-state index in [2.05, 4.69) is 26.2 Å². The maximum absolute atomic E-state index is 12.6. The maximum atomic E-state index is 12.6. The number of imidazole rings is 1. The van der Waals surface area contributed by atoms with E-state index < -0.39 is 10.0 Å². The first-order chi connectivity index (χ1) is 13.8. The standard InChI is InChI=1S/C20H21BrN4O3S/c1-3-25(4-2)29(27,28)18-11-9-17(10-12-18)24-13-19(22-14-24)20(26)23-16-7-5-15(21)6-8-16/h5-14H,3-4H2,1-2H3,(H,23,26). The molecule has 3 aromatic rings. The smallest absolute Gasteiger partial charge is 0.275 e. The number of nitrogens with one attached hydrogen (secondary N) is 1. The average Bonchev–Trinajstić information content (AvgIpc) is 3.21. The number of sulfonamides is 1. The van der Waals surface area contributed by atoms with Gasteiger partial charge in [-0.15, -0.1) is 0 Å². The average molecular weight is 477 g/mol. The zero-order valence-electron chi connectivity index (χ0n) is 16.0. The maximum Gasteiger partial charge on any atom is 0.275 e. The van der Waals surface area contributed by atoms with E-state index in [1.54, 1.807) is 47.2 Å². The third kappa shape index (κ3) is 4.75. The molecule has 7 nitrogen and oxygen atoms in total. The minimum atomic E-state index is -3.51. The van der Waals surface area contributed by atoms with Gasteiger partial charge in [0.2, 0.25) is 10.0 Å². The van der Waals surface area contributed by atoms with Crippen molar-refractivity contribution in [2.45, 2.75) is 18.7 Å². The van der Waals surface area contributed by atoms with Crippen molar-refractivity contribution in [1.82, 2.24) is 13.9 Å². The van der Waals surface area contributed by atoms with E-state index in [1.807, 2.05) is 26.0 Å². The Bertz CT molecular complexity index is 1090. The lowest BCUT2D eigenvalue weighted by atomic mass is 10.3. The van der Waals surface area contributed by atoms with Crippen LogP contribution in [0.25, 0.3) is 5.69 Å². The van der Waals surface area contributed by atoms with E-state index in [4.69, 9.17) is 0 Å². The topological polar surface area (TPSA) is 84.3 Å². The van der Waals surface area contributed by atoms with Crippen molar-refractivity contribution in [2.24, 2.45) is 0 Å². The number of carbonyl (C=O) groups is 1. The molecule has 1 amide bonds. The molecule has 0 bridgehead atoms. The highest BCUT2D eigenvalue weighted by molar-refractivity contribution is 9.10. The molecule has 1 heterocycles. The number of halogens is 1. The largest absolute Gasteiger partial charge is 0.321 e. The van der Waals surface area contributed by atoms with Crippen molar-refractivity contribution in [3.05, 3.63) is 71.2 Å². The fourth-order valence-corrected chi connectivity index (χ4v) is 4.53. The summed E-state index contributed by atoms with van der Waals surface area (Å²) in [6.45, 7) is 4.45. The first-order valence-electron chi connectivity index (χ1n) is 9.06. The molecule has 0 fully saturated rings. The summed E-state index contributed by atoms with van der Waals surface area (Å²) in [4.78, 5) is 16.8. The van der Waals surface area contributed by atoms with Crippen LogP contribution in [0.3, 0.4) is 0 Å². The van der Waals surface area contributed by atoms with Crippen molar-refractivity contribution in [1.29, 1.82) is 0 Å². The van der Waals surface area contributed by atoms with Crippen molar-refractivity contribution < 1.29 is 13.2 Å². The lowest BCUT2D eigenvalue weighted by Gasteiger charge is -2.18. The molecule has 0 saturated carbocycles. The highest BCUT2D eigenvalue weighted by atomic mass is 79.9. The number of aromatic nitrogens is 2. The third-order valence-corrected chi connectivity index (χ3v) is 6.99. The Morgan fingerprint density at radius 3 is 2.28 bits per heavy atom. The molecule has 0 unspecified atom stereocenters. The quantitative estimate of drug-likeness (QED) is 0.559. The van der Waals surface area contributed by atoms with Crippen LogP contribution >= 0.6 is 15.9 Å². The number of amides is 1. The molecule has 0 aliphatic rings. The van der Waals surface area contributed by atoms with Crippen molar-refractivity contribution in [3.63, 3.8) is 0 Å². The van der Waals surface area contributed by atoms with Crippen LogP contribution in [0.2, 0.25) is 0 Å². The summed E-state index contributed by atoms with van der Waals surface area (Å²) in [7, 11) is -3.51. The van der Waals surface area contributed by atoms with Gasteiger partial charge in [-0.25, -0.2) is 13.4 Å². The zero-order chi connectivity index (χ0) is 21.0. The third-order valence-electron chi connectivity index (χ3n) is 4.40. The molecule has 0 aliphatic carbocycles. The van der Waals surface area contributed by atoms with Crippen LogP contribution < -0.4 is 5.32 Å². The predicted octanol–water partition coefficient (Wildman–Crippen LogP) is 3.92. The van der Waals surface area contributed by atoms with Gasteiger partial charge in [0.1, 0.15) is 12.0 Å². The molecule has 152 valence electrons. The van der Waals surface area contributed by atoms with Gasteiger partial charge in [0, 0.05) is 35.1 Å². The Morgan fingerprint density at radius 2 is 1.69 bits per heavy atom. The summed E-state index contributed by atoms with van der Waals surface area (Å²) in [6.07, 6.45) is 3.12. The molecule has 0 spiro atoms. The number of benzene rings is 2. The lowest BCUT2D eigenvalue weighted by molar-refractivity contribution is 0.102. The fourth-order valence-electron chi connectivity index (χ4n) is 2.81. The number of rotatable bonds is 7. The van der Waals surface area contributed by atoms with Gasteiger partial charge >= 0.3 is 0 Å². The summed E-state index contributed by atoms with van der Waals surface area (Å²) >= 11 is 3.35. The summed E-state index contributed by atoms with van der Waals surface area (Å²) in [5, 5.41) is 2.78. The van der Waals surface area contributed by atoms with E-state index >= 15 is 0 Å². The second-order valence-corrected chi connectivity index (χ2v) is 9.06. The van der Waals surface area contributed by atoms with Gasteiger partial charge in [-0.05, 0) is 48.5 Å². The second kappa shape index (κ2) is 8.89. The number of anilines is 1. The van der Waals surface area contributed by atoms with Crippen LogP contribution in [0.1, 0.15) is 24.3 Å². The number of hydrogen-bond acceptors (Lipinski definition) is 4. The Morgan fingerprint density at radius 1 is 1.07 bits per heavy atom. The van der Waals surface area contributed by atoms with Crippen LogP contribution in [-0.4, -0.2) is 41.3 Å². The zero-order valence-corrected chi connectivity index (χ0v) is 18.4. The van der Waals surface area contributed by atoms with Crippen LogP contribution in [0.15, 0.2) is 70.4 Å². The molecule has 0 atom stereocenters. The second-order valence-electron chi connectivity index (χ2n) is 6.21. The van der Waals surface area contributed by atoms with E-state index in [0.717, 1.165) is 4.47 Å². The molecule has 29 heavy (non-hydrogen) atoms. The van der Waals surface area contributed by atoms with Crippen molar-refractivity contribution in [2.75, 3.05) is 18.4 Å². The van der Waals surface area contributed by atoms with Crippen LogP contribution in [0.5, 0.6) is 0 Å². The van der Waals surface area contributed by atoms with Gasteiger partial charge in [-0.2, -0.15) is 4.31 Å². The summed E-state index contributed by atoms with van der Waals surface area (Å²) in [6, 6.07) is 13.7. The molecule has 3 rings (SSSR count). The van der Waals surface area contributed by atoms with Gasteiger partial charge in [-0.1, -0.05) is 29.8 Å². The molecule has 2 aromatic carbocycles. The molecule has 0 aliphatic heterocycles. The number of hydrogen-bond donors (Lipinski definition) is 1. The molecule has 1 aromatic heterocycles. The molecule has 9 heteroatoms. The van der Waals surface area contributed by atoms with Crippen molar-refractivity contribution in [3.8, 4) is 5.69 Å². The Kier molecular flexibility index (Phi) is 6.51. The Labute approximate surface area is 178 Å². The molecule has 1 N–H and O–H groups in total. The monoisotopic (exact) mass is 476 g/mol. The van der Waals surface area contributed by atoms with Gasteiger partial charge in [0.05, 0.1) is 4.90 Å². The van der Waals surface area contributed by atoms with Crippen molar-refractivity contribution >= 4 is 37.5 Å². The number of carbonyl (C=O) groups excluding carboxylic acids is 1. The predicted molar refractivity (Wildman–Crippen MR) is 116 cm³/mol. The molecule has 0 saturated heterocycles. The van der Waals surface area contributed by atoms with Gasteiger partial charge in [0.25, 0.3) is 5.91 Å². The fraction of sp³-hybridized carbons (Fsp3) is 0.200. The minimum Gasteiger partial charge on any atom is -0.321 e. The first kappa shape index (κ1) is 21.2. The first-order valence-corrected chi connectivity index (χ1v) is 11.3. The Hall–Kier alpha value is -2.49. The van der Waals surface area contributed by atoms with E-state index in [-0.39, 0.29) is 16.5 Å². The molecule has 0 radical (unpaired) electrons. The van der Waals surface area contributed by atoms with Gasteiger partial charge in [-0.3, -0.25) is 4.79 Å². The van der Waals surface area contributed by atoms with E-state index in [1.165, 1.54) is 10.6 Å². The minimum absolute atomic E-state index is 0.235. The Balaban J connectivity index is 1.76. The van der Waals surface area contributed by atoms with Crippen LogP contribution in [0.4, 0.5) is 5.69 Å². The molecular weight excluding hydrogens is 456 g/mol.